The third-order valence-corrected chi connectivity index (χ3v) is 3.24. The average Bonchev–Trinajstić information content (AvgIpc) is 2.52. The molecule has 24 heavy (non-hydrogen) atoms. The number of esters is 1. The summed E-state index contributed by atoms with van der Waals surface area (Å²) in [5, 5.41) is 0. The van der Waals surface area contributed by atoms with Gasteiger partial charge < -0.3 is 9.47 Å². The number of rotatable bonds is 5. The lowest BCUT2D eigenvalue weighted by Crippen LogP contribution is -2.24. The molecule has 4 heteroatoms. The summed E-state index contributed by atoms with van der Waals surface area (Å²) in [6, 6.07) is 14.4. The molecule has 0 fully saturated rings. The predicted octanol–water partition coefficient (Wildman–Crippen LogP) is 4.42. The fraction of sp³-hybridized carbons (Fsp3) is 0.300. The normalized spacial score (nSPS) is 11.0. The van der Waals surface area contributed by atoms with Crippen LogP contribution >= 0.6 is 0 Å². The standard InChI is InChI=1S/C20H22O4/c1-14(21)16-10-11-17(19(22)24-20(2,3)4)18(12-16)23-13-15-8-6-5-7-9-15/h5-12H,13H2,1-4H3. The summed E-state index contributed by atoms with van der Waals surface area (Å²) < 4.78 is 11.2. The Bertz CT molecular complexity index is 727. The first-order chi connectivity index (χ1) is 11.3. The quantitative estimate of drug-likeness (QED) is 0.603. The SMILES string of the molecule is CC(=O)c1ccc(C(=O)OC(C)(C)C)c(OCc2ccccc2)c1. The summed E-state index contributed by atoms with van der Waals surface area (Å²) >= 11 is 0. The van der Waals surface area contributed by atoms with Gasteiger partial charge in [0.15, 0.2) is 5.78 Å². The summed E-state index contributed by atoms with van der Waals surface area (Å²) in [4.78, 5) is 24.0. The van der Waals surface area contributed by atoms with Crippen molar-refractivity contribution < 1.29 is 19.1 Å². The van der Waals surface area contributed by atoms with Crippen LogP contribution in [0.2, 0.25) is 0 Å². The van der Waals surface area contributed by atoms with E-state index in [1.807, 2.05) is 30.3 Å². The highest BCUT2D eigenvalue weighted by atomic mass is 16.6. The Balaban J connectivity index is 2.29. The van der Waals surface area contributed by atoms with Crippen molar-refractivity contribution in [2.75, 3.05) is 0 Å². The van der Waals surface area contributed by atoms with E-state index in [9.17, 15) is 9.59 Å². The molecule has 0 amide bonds. The maximum absolute atomic E-state index is 12.4. The molecule has 0 aliphatic carbocycles. The average molecular weight is 326 g/mol. The van der Waals surface area contributed by atoms with E-state index < -0.39 is 11.6 Å². The lowest BCUT2D eigenvalue weighted by Gasteiger charge is -2.20. The lowest BCUT2D eigenvalue weighted by molar-refractivity contribution is 0.00652. The van der Waals surface area contributed by atoms with E-state index in [1.54, 1.807) is 39.0 Å². The number of benzene rings is 2. The molecule has 126 valence electrons. The summed E-state index contributed by atoms with van der Waals surface area (Å²) in [7, 11) is 0. The zero-order valence-electron chi connectivity index (χ0n) is 14.5. The van der Waals surface area contributed by atoms with Gasteiger partial charge in [-0.1, -0.05) is 36.4 Å². The second kappa shape index (κ2) is 7.30. The molecular formula is C20H22O4. The first-order valence-electron chi connectivity index (χ1n) is 7.81. The third kappa shape index (κ3) is 4.95. The number of hydrogen-bond donors (Lipinski definition) is 0. The maximum Gasteiger partial charge on any atom is 0.342 e. The molecule has 0 aliphatic rings. The maximum atomic E-state index is 12.4. The Morgan fingerprint density at radius 1 is 1.00 bits per heavy atom. The summed E-state index contributed by atoms with van der Waals surface area (Å²) in [6.45, 7) is 7.19. The Labute approximate surface area is 142 Å². The highest BCUT2D eigenvalue weighted by molar-refractivity contribution is 5.98. The van der Waals surface area contributed by atoms with Crippen LogP contribution in [0.3, 0.4) is 0 Å². The van der Waals surface area contributed by atoms with Gasteiger partial charge in [-0.25, -0.2) is 4.79 Å². The second-order valence-electron chi connectivity index (χ2n) is 6.54. The molecule has 0 saturated carbocycles. The molecule has 2 aromatic rings. The number of ether oxygens (including phenoxy) is 2. The number of hydrogen-bond acceptors (Lipinski definition) is 4. The summed E-state index contributed by atoms with van der Waals surface area (Å²) in [5.41, 5.74) is 1.17. The molecule has 0 bridgehead atoms. The van der Waals surface area contributed by atoms with Gasteiger partial charge in [-0.3, -0.25) is 4.79 Å². The van der Waals surface area contributed by atoms with Crippen LogP contribution in [0.5, 0.6) is 5.75 Å². The topological polar surface area (TPSA) is 52.6 Å². The Hall–Kier alpha value is -2.62. The molecule has 0 saturated heterocycles. The molecule has 0 aromatic heterocycles. The number of carbonyl (C=O) groups is 2. The van der Waals surface area contributed by atoms with E-state index in [0.717, 1.165) is 5.56 Å². The minimum atomic E-state index is -0.604. The van der Waals surface area contributed by atoms with Crippen LogP contribution in [0.4, 0.5) is 0 Å². The zero-order chi connectivity index (χ0) is 17.7. The van der Waals surface area contributed by atoms with Crippen LogP contribution in [0, 0.1) is 0 Å². The highest BCUT2D eigenvalue weighted by Gasteiger charge is 2.22. The van der Waals surface area contributed by atoms with Crippen molar-refractivity contribution in [2.45, 2.75) is 39.9 Å². The molecular weight excluding hydrogens is 304 g/mol. The molecule has 0 aliphatic heterocycles. The van der Waals surface area contributed by atoms with Gasteiger partial charge in [0.25, 0.3) is 0 Å². The van der Waals surface area contributed by atoms with E-state index in [-0.39, 0.29) is 5.78 Å². The third-order valence-electron chi connectivity index (χ3n) is 3.24. The van der Waals surface area contributed by atoms with Crippen LogP contribution in [-0.2, 0) is 11.3 Å². The first-order valence-corrected chi connectivity index (χ1v) is 7.81. The minimum Gasteiger partial charge on any atom is -0.488 e. The van der Waals surface area contributed by atoms with E-state index >= 15 is 0 Å². The van der Waals surface area contributed by atoms with Gasteiger partial charge in [0.05, 0.1) is 0 Å². The van der Waals surface area contributed by atoms with Gasteiger partial charge in [0.2, 0.25) is 0 Å². The molecule has 0 N–H and O–H groups in total. The van der Waals surface area contributed by atoms with E-state index in [1.165, 1.54) is 6.92 Å². The highest BCUT2D eigenvalue weighted by Crippen LogP contribution is 2.25. The van der Waals surface area contributed by atoms with E-state index in [4.69, 9.17) is 9.47 Å². The largest absolute Gasteiger partial charge is 0.488 e. The van der Waals surface area contributed by atoms with Crippen LogP contribution < -0.4 is 4.74 Å². The van der Waals surface area contributed by atoms with Crippen LogP contribution in [0.25, 0.3) is 0 Å². The minimum absolute atomic E-state index is 0.0877. The Morgan fingerprint density at radius 3 is 2.25 bits per heavy atom. The number of Topliss-reactive ketones (excluding diaryl/α,β-unsaturated/α-hetero) is 1. The van der Waals surface area contributed by atoms with Crippen molar-refractivity contribution in [2.24, 2.45) is 0 Å². The molecule has 0 unspecified atom stereocenters. The first kappa shape index (κ1) is 17.7. The van der Waals surface area contributed by atoms with Crippen molar-refractivity contribution in [3.8, 4) is 5.75 Å². The Kier molecular flexibility index (Phi) is 5.39. The fourth-order valence-electron chi connectivity index (χ4n) is 2.10. The van der Waals surface area contributed by atoms with Gasteiger partial charge in [0, 0.05) is 5.56 Å². The number of carbonyl (C=O) groups excluding carboxylic acids is 2. The second-order valence-corrected chi connectivity index (χ2v) is 6.54. The molecule has 0 heterocycles. The van der Waals surface area contributed by atoms with Gasteiger partial charge in [-0.05, 0) is 45.4 Å². The predicted molar refractivity (Wildman–Crippen MR) is 92.4 cm³/mol. The Morgan fingerprint density at radius 2 is 1.67 bits per heavy atom. The molecule has 0 spiro atoms. The van der Waals surface area contributed by atoms with Gasteiger partial charge in [0.1, 0.15) is 23.5 Å². The van der Waals surface area contributed by atoms with E-state index in [2.05, 4.69) is 0 Å². The van der Waals surface area contributed by atoms with Gasteiger partial charge in [-0.15, -0.1) is 0 Å². The lowest BCUT2D eigenvalue weighted by atomic mass is 10.1. The fourth-order valence-corrected chi connectivity index (χ4v) is 2.10. The van der Waals surface area contributed by atoms with Gasteiger partial charge >= 0.3 is 5.97 Å². The zero-order valence-corrected chi connectivity index (χ0v) is 14.5. The monoisotopic (exact) mass is 326 g/mol. The summed E-state index contributed by atoms with van der Waals surface area (Å²) in [6.07, 6.45) is 0. The van der Waals surface area contributed by atoms with Crippen molar-refractivity contribution in [3.05, 3.63) is 65.2 Å². The van der Waals surface area contributed by atoms with E-state index in [0.29, 0.717) is 23.5 Å². The molecule has 0 radical (unpaired) electrons. The molecule has 4 nitrogen and oxygen atoms in total. The summed E-state index contributed by atoms with van der Waals surface area (Å²) in [5.74, 6) is -0.211. The molecule has 0 atom stereocenters. The van der Waals surface area contributed by atoms with Crippen molar-refractivity contribution in [1.82, 2.24) is 0 Å². The van der Waals surface area contributed by atoms with Gasteiger partial charge in [-0.2, -0.15) is 0 Å². The number of ketones is 1. The van der Waals surface area contributed by atoms with Crippen LogP contribution in [0.1, 0.15) is 54.0 Å². The van der Waals surface area contributed by atoms with Crippen molar-refractivity contribution in [3.63, 3.8) is 0 Å². The van der Waals surface area contributed by atoms with Crippen LogP contribution in [-0.4, -0.2) is 17.4 Å². The molecule has 2 aromatic carbocycles. The van der Waals surface area contributed by atoms with Crippen molar-refractivity contribution in [1.29, 1.82) is 0 Å². The smallest absolute Gasteiger partial charge is 0.342 e. The van der Waals surface area contributed by atoms with Crippen LogP contribution in [0.15, 0.2) is 48.5 Å². The van der Waals surface area contributed by atoms with Crippen molar-refractivity contribution >= 4 is 11.8 Å². The molecule has 2 rings (SSSR count).